The largest absolute Gasteiger partial charge is 0.365 e. The first-order chi connectivity index (χ1) is 10.5. The van der Waals surface area contributed by atoms with E-state index in [4.69, 9.17) is 10.5 Å². The highest BCUT2D eigenvalue weighted by molar-refractivity contribution is 5.88. The molecule has 0 saturated carbocycles. The maximum atomic E-state index is 12.7. The summed E-state index contributed by atoms with van der Waals surface area (Å²) in [4.78, 5) is 29.5. The lowest BCUT2D eigenvalue weighted by Crippen LogP contribution is -2.50. The molecular formula is C14H21N5O3. The smallest absolute Gasteiger partial charge is 0.288 e. The molecule has 2 aliphatic heterocycles. The number of aromatic nitrogens is 3. The minimum absolute atomic E-state index is 0.00883. The highest BCUT2D eigenvalue weighted by Gasteiger charge is 2.42. The molecule has 120 valence electrons. The highest BCUT2D eigenvalue weighted by atomic mass is 16.5. The zero-order valence-electron chi connectivity index (χ0n) is 12.7. The van der Waals surface area contributed by atoms with Crippen LogP contribution in [0.5, 0.6) is 0 Å². The number of nitrogens with zero attached hydrogens (tertiary/aromatic N) is 4. The highest BCUT2D eigenvalue weighted by Crippen LogP contribution is 2.30. The van der Waals surface area contributed by atoms with Gasteiger partial charge in [-0.25, -0.2) is 9.67 Å². The molecule has 8 nitrogen and oxygen atoms in total. The summed E-state index contributed by atoms with van der Waals surface area (Å²) >= 11 is 0. The Bertz CT molecular complexity index is 579. The van der Waals surface area contributed by atoms with Crippen molar-refractivity contribution in [3.05, 3.63) is 12.2 Å². The maximum Gasteiger partial charge on any atom is 0.288 e. The molecule has 0 unspecified atom stereocenters. The summed E-state index contributed by atoms with van der Waals surface area (Å²) < 4.78 is 7.28. The second kappa shape index (κ2) is 5.68. The fourth-order valence-corrected chi connectivity index (χ4v) is 3.20. The number of amides is 2. The average Bonchev–Trinajstić information content (AvgIpc) is 3.16. The summed E-state index contributed by atoms with van der Waals surface area (Å²) in [5, 5.41) is 4.10. The summed E-state index contributed by atoms with van der Waals surface area (Å²) in [5.41, 5.74) is 4.48. The summed E-state index contributed by atoms with van der Waals surface area (Å²) in [5.74, 6) is -0.589. The van der Waals surface area contributed by atoms with Gasteiger partial charge in [-0.1, -0.05) is 0 Å². The van der Waals surface area contributed by atoms with E-state index in [1.54, 1.807) is 4.68 Å². The molecule has 2 amide bonds. The number of ether oxygens (including phenoxy) is 1. The molecule has 2 saturated heterocycles. The van der Waals surface area contributed by atoms with E-state index in [0.29, 0.717) is 13.2 Å². The first-order valence-electron chi connectivity index (χ1n) is 7.64. The number of rotatable bonds is 3. The maximum absolute atomic E-state index is 12.7. The van der Waals surface area contributed by atoms with Gasteiger partial charge in [-0.15, -0.1) is 5.10 Å². The molecule has 2 atom stereocenters. The molecule has 1 aromatic rings. The fourth-order valence-electron chi connectivity index (χ4n) is 3.20. The molecular weight excluding hydrogens is 286 g/mol. The summed E-state index contributed by atoms with van der Waals surface area (Å²) in [6.45, 7) is 3.79. The Hall–Kier alpha value is -1.96. The zero-order valence-corrected chi connectivity index (χ0v) is 12.7. The Morgan fingerprint density at radius 3 is 2.91 bits per heavy atom. The van der Waals surface area contributed by atoms with Gasteiger partial charge in [-0.05, 0) is 32.6 Å². The predicted molar refractivity (Wildman–Crippen MR) is 77.0 cm³/mol. The van der Waals surface area contributed by atoms with E-state index in [0.717, 1.165) is 32.2 Å². The van der Waals surface area contributed by atoms with Gasteiger partial charge in [0.2, 0.25) is 5.82 Å². The van der Waals surface area contributed by atoms with Crippen molar-refractivity contribution in [3.63, 3.8) is 0 Å². The van der Waals surface area contributed by atoms with Crippen molar-refractivity contribution in [2.45, 2.75) is 44.2 Å². The number of carbonyl (C=O) groups is 2. The number of hydrogen-bond acceptors (Lipinski definition) is 5. The molecule has 3 rings (SSSR count). The lowest BCUT2D eigenvalue weighted by molar-refractivity contribution is -0.152. The third-order valence-corrected chi connectivity index (χ3v) is 4.46. The molecule has 1 aromatic heterocycles. The van der Waals surface area contributed by atoms with E-state index in [-0.39, 0.29) is 17.8 Å². The standard InChI is InChI=1S/C14H21N5O3/c1-14(5-3-7-22-14)13(21)18-6-2-4-10(8-18)19-9-16-12(17-19)11(15)20/h9-10H,2-8H2,1H3,(H2,15,20)/t10-,14+/m1/s1. The van der Waals surface area contributed by atoms with E-state index in [9.17, 15) is 9.59 Å². The zero-order chi connectivity index (χ0) is 15.7. The van der Waals surface area contributed by atoms with Crippen LogP contribution in [0.4, 0.5) is 0 Å². The molecule has 8 heteroatoms. The van der Waals surface area contributed by atoms with Crippen molar-refractivity contribution in [2.75, 3.05) is 19.7 Å². The molecule has 0 aliphatic carbocycles. The van der Waals surface area contributed by atoms with Gasteiger partial charge in [-0.2, -0.15) is 0 Å². The quantitative estimate of drug-likeness (QED) is 0.853. The first kappa shape index (κ1) is 15.0. The number of primary amides is 1. The van der Waals surface area contributed by atoms with Crippen molar-refractivity contribution in [1.29, 1.82) is 0 Å². The average molecular weight is 307 g/mol. The summed E-state index contributed by atoms with van der Waals surface area (Å²) in [6, 6.07) is 0.0169. The fraction of sp³-hybridized carbons (Fsp3) is 0.714. The van der Waals surface area contributed by atoms with E-state index in [1.807, 2.05) is 11.8 Å². The monoisotopic (exact) mass is 307 g/mol. The van der Waals surface area contributed by atoms with Crippen LogP contribution in [0.3, 0.4) is 0 Å². The Labute approximate surface area is 128 Å². The molecule has 22 heavy (non-hydrogen) atoms. The number of piperidine rings is 1. The van der Waals surface area contributed by atoms with Crippen LogP contribution in [0, 0.1) is 0 Å². The number of hydrogen-bond donors (Lipinski definition) is 1. The molecule has 2 aliphatic rings. The minimum Gasteiger partial charge on any atom is -0.365 e. The van der Waals surface area contributed by atoms with Crippen molar-refractivity contribution in [1.82, 2.24) is 19.7 Å². The van der Waals surface area contributed by atoms with Gasteiger partial charge in [0.15, 0.2) is 0 Å². The third kappa shape index (κ3) is 2.70. The Morgan fingerprint density at radius 1 is 1.45 bits per heavy atom. The Morgan fingerprint density at radius 2 is 2.27 bits per heavy atom. The Balaban J connectivity index is 1.71. The third-order valence-electron chi connectivity index (χ3n) is 4.46. The van der Waals surface area contributed by atoms with Crippen molar-refractivity contribution in [3.8, 4) is 0 Å². The molecule has 0 spiro atoms. The second-order valence-electron chi connectivity index (χ2n) is 6.14. The predicted octanol–water partition coefficient (Wildman–Crippen LogP) is 0.110. The van der Waals surface area contributed by atoms with E-state index in [2.05, 4.69) is 10.1 Å². The van der Waals surface area contributed by atoms with Crippen LogP contribution in [0.1, 0.15) is 49.3 Å². The van der Waals surface area contributed by atoms with Crippen molar-refractivity contribution in [2.24, 2.45) is 5.73 Å². The van der Waals surface area contributed by atoms with Gasteiger partial charge in [0, 0.05) is 19.7 Å². The lowest BCUT2D eigenvalue weighted by atomic mass is 9.98. The van der Waals surface area contributed by atoms with Gasteiger partial charge in [0.25, 0.3) is 11.8 Å². The number of likely N-dealkylation sites (tertiary alicyclic amines) is 1. The van der Waals surface area contributed by atoms with Gasteiger partial charge < -0.3 is 15.4 Å². The van der Waals surface area contributed by atoms with E-state index < -0.39 is 11.5 Å². The molecule has 2 N–H and O–H groups in total. The van der Waals surface area contributed by atoms with Crippen LogP contribution < -0.4 is 5.73 Å². The number of nitrogens with two attached hydrogens (primary N) is 1. The summed E-state index contributed by atoms with van der Waals surface area (Å²) in [7, 11) is 0. The summed E-state index contributed by atoms with van der Waals surface area (Å²) in [6.07, 6.45) is 4.97. The van der Waals surface area contributed by atoms with Crippen LogP contribution in [0.15, 0.2) is 6.33 Å². The Kier molecular flexibility index (Phi) is 3.86. The molecule has 0 bridgehead atoms. The van der Waals surface area contributed by atoms with E-state index in [1.165, 1.54) is 6.33 Å². The minimum atomic E-state index is -0.692. The van der Waals surface area contributed by atoms with Crippen LogP contribution in [0.2, 0.25) is 0 Å². The van der Waals surface area contributed by atoms with Crippen molar-refractivity contribution >= 4 is 11.8 Å². The molecule has 3 heterocycles. The SMILES string of the molecule is C[C@@]1(C(=O)N2CCC[C@@H](n3cnc(C(N)=O)n3)C2)CCCO1. The van der Waals surface area contributed by atoms with Gasteiger partial charge in [-0.3, -0.25) is 9.59 Å². The lowest BCUT2D eigenvalue weighted by Gasteiger charge is -2.37. The van der Waals surface area contributed by atoms with Gasteiger partial charge >= 0.3 is 0 Å². The van der Waals surface area contributed by atoms with Gasteiger partial charge in [0.1, 0.15) is 11.9 Å². The topological polar surface area (TPSA) is 103 Å². The molecule has 2 fully saturated rings. The first-order valence-corrected chi connectivity index (χ1v) is 7.64. The van der Waals surface area contributed by atoms with Crippen molar-refractivity contribution < 1.29 is 14.3 Å². The van der Waals surface area contributed by atoms with Crippen LogP contribution in [-0.2, 0) is 9.53 Å². The van der Waals surface area contributed by atoms with Gasteiger partial charge in [0.05, 0.1) is 6.04 Å². The molecule has 0 radical (unpaired) electrons. The molecule has 0 aromatic carbocycles. The van der Waals surface area contributed by atoms with Crippen LogP contribution in [0.25, 0.3) is 0 Å². The van der Waals surface area contributed by atoms with Crippen LogP contribution in [-0.4, -0.2) is 56.8 Å². The second-order valence-corrected chi connectivity index (χ2v) is 6.14. The number of carbonyl (C=O) groups excluding carboxylic acids is 2. The van der Waals surface area contributed by atoms with Crippen LogP contribution >= 0.6 is 0 Å². The normalized spacial score (nSPS) is 28.8. The van der Waals surface area contributed by atoms with E-state index >= 15 is 0 Å².